The van der Waals surface area contributed by atoms with E-state index in [0.29, 0.717) is 12.1 Å². The fourth-order valence-corrected chi connectivity index (χ4v) is 4.64. The van der Waals surface area contributed by atoms with Crippen molar-refractivity contribution < 1.29 is 4.79 Å². The van der Waals surface area contributed by atoms with Gasteiger partial charge in [-0.25, -0.2) is 0 Å². The van der Waals surface area contributed by atoms with Gasteiger partial charge in [-0.05, 0) is 66.2 Å². The molecule has 1 atom stereocenters. The molecule has 2 aromatic heterocycles. The highest BCUT2D eigenvalue weighted by atomic mass is 32.1. The summed E-state index contributed by atoms with van der Waals surface area (Å²) in [6.45, 7) is 2.68. The maximum atomic E-state index is 13.2. The molecule has 0 unspecified atom stereocenters. The molecule has 1 amide bonds. The van der Waals surface area contributed by atoms with E-state index in [1.165, 1.54) is 10.6 Å². The van der Waals surface area contributed by atoms with E-state index in [1.807, 2.05) is 10.3 Å². The molecule has 1 saturated carbocycles. The highest BCUT2D eigenvalue weighted by Crippen LogP contribution is 2.56. The van der Waals surface area contributed by atoms with Gasteiger partial charge in [0.05, 0.1) is 0 Å². The molecule has 0 aromatic carbocycles. The second-order valence-corrected chi connectivity index (χ2v) is 8.04. The summed E-state index contributed by atoms with van der Waals surface area (Å²) >= 11 is 1.65. The number of nitrogens with one attached hydrogen (secondary N) is 1. The van der Waals surface area contributed by atoms with Crippen LogP contribution in [0.25, 0.3) is 0 Å². The van der Waals surface area contributed by atoms with Crippen molar-refractivity contribution in [3.05, 3.63) is 56.6 Å². The van der Waals surface area contributed by atoms with Crippen LogP contribution in [0.2, 0.25) is 0 Å². The van der Waals surface area contributed by atoms with E-state index >= 15 is 0 Å². The summed E-state index contributed by atoms with van der Waals surface area (Å²) in [5.41, 5.74) is 1.79. The lowest BCUT2D eigenvalue weighted by Crippen LogP contribution is -2.39. The van der Waals surface area contributed by atoms with Crippen LogP contribution in [0.4, 0.5) is 0 Å². The third-order valence-corrected chi connectivity index (χ3v) is 6.40. The van der Waals surface area contributed by atoms with Crippen molar-refractivity contribution in [3.8, 4) is 0 Å². The first-order valence-corrected chi connectivity index (χ1v) is 9.73. The fraction of sp³-hybridized carbons (Fsp3) is 0.474. The first-order valence-electron chi connectivity index (χ1n) is 8.78. The van der Waals surface area contributed by atoms with Crippen molar-refractivity contribution in [1.29, 1.82) is 0 Å². The molecule has 1 aliphatic carbocycles. The first-order chi connectivity index (χ1) is 12.1. The molecule has 6 heteroatoms. The zero-order valence-corrected chi connectivity index (χ0v) is 15.2. The summed E-state index contributed by atoms with van der Waals surface area (Å²) in [6.07, 6.45) is 5.00. The van der Waals surface area contributed by atoms with Gasteiger partial charge >= 0.3 is 0 Å². The van der Waals surface area contributed by atoms with Crippen molar-refractivity contribution >= 4 is 17.2 Å². The Morgan fingerprint density at radius 2 is 2.20 bits per heavy atom. The van der Waals surface area contributed by atoms with E-state index in [4.69, 9.17) is 0 Å². The highest BCUT2D eigenvalue weighted by molar-refractivity contribution is 7.07. The molecule has 0 bridgehead atoms. The quantitative estimate of drug-likeness (QED) is 0.913. The zero-order valence-electron chi connectivity index (χ0n) is 14.4. The second-order valence-electron chi connectivity index (χ2n) is 7.26. The summed E-state index contributed by atoms with van der Waals surface area (Å²) in [5.74, 6) is -0.0238. The lowest BCUT2D eigenvalue weighted by atomic mass is 9.93. The maximum Gasteiger partial charge on any atom is 0.254 e. The number of thiophene rings is 1. The molecule has 1 aliphatic heterocycles. The smallest absolute Gasteiger partial charge is 0.254 e. The van der Waals surface area contributed by atoms with E-state index in [1.54, 1.807) is 30.6 Å². The van der Waals surface area contributed by atoms with E-state index in [9.17, 15) is 9.59 Å². The Balaban J connectivity index is 1.62. The van der Waals surface area contributed by atoms with E-state index < -0.39 is 0 Å². The van der Waals surface area contributed by atoms with Crippen molar-refractivity contribution in [2.45, 2.75) is 31.8 Å². The Morgan fingerprint density at radius 3 is 2.88 bits per heavy atom. The normalized spacial score (nSPS) is 21.2. The molecule has 132 valence electrons. The van der Waals surface area contributed by atoms with Gasteiger partial charge in [-0.15, -0.1) is 0 Å². The third-order valence-electron chi connectivity index (χ3n) is 5.67. The standard InChI is InChI=1S/C19H23N3O2S/c1-21-8-2-15(10-17(21)23)18(24)22(12-14-3-9-25-13-14)16-11-19(16)4-6-20-7-5-19/h2-3,8-10,13,16,20H,4-7,11-12H2,1H3/t16-/m0/s1. The zero-order chi connectivity index (χ0) is 17.4. The number of nitrogens with zero attached hydrogens (tertiary/aromatic N) is 2. The van der Waals surface area contributed by atoms with Crippen molar-refractivity contribution in [2.75, 3.05) is 13.1 Å². The molecule has 1 N–H and O–H groups in total. The monoisotopic (exact) mass is 357 g/mol. The maximum absolute atomic E-state index is 13.2. The van der Waals surface area contributed by atoms with E-state index in [0.717, 1.165) is 37.9 Å². The third kappa shape index (κ3) is 3.16. The fourth-order valence-electron chi connectivity index (χ4n) is 3.98. The van der Waals surface area contributed by atoms with Crippen LogP contribution in [0, 0.1) is 5.41 Å². The molecule has 25 heavy (non-hydrogen) atoms. The van der Waals surface area contributed by atoms with Crippen LogP contribution in [-0.2, 0) is 13.6 Å². The number of rotatable bonds is 4. The topological polar surface area (TPSA) is 54.3 Å². The van der Waals surface area contributed by atoms with E-state index in [-0.39, 0.29) is 22.9 Å². The van der Waals surface area contributed by atoms with E-state index in [2.05, 4.69) is 16.8 Å². The second kappa shape index (κ2) is 6.42. The number of amides is 1. The molecule has 3 heterocycles. The lowest BCUT2D eigenvalue weighted by Gasteiger charge is -2.29. The predicted molar refractivity (Wildman–Crippen MR) is 98.8 cm³/mol. The van der Waals surface area contributed by atoms with Gasteiger partial charge in [0.2, 0.25) is 0 Å². The predicted octanol–water partition coefficient (Wildman–Crippen LogP) is 2.23. The molecular formula is C19H23N3O2S. The van der Waals surface area contributed by atoms with Crippen LogP contribution in [0.1, 0.15) is 35.2 Å². The number of pyridine rings is 1. The van der Waals surface area contributed by atoms with Crippen LogP contribution >= 0.6 is 11.3 Å². The number of hydrogen-bond acceptors (Lipinski definition) is 4. The van der Waals surface area contributed by atoms with Gasteiger partial charge < -0.3 is 14.8 Å². The Kier molecular flexibility index (Phi) is 4.25. The number of hydrogen-bond donors (Lipinski definition) is 1. The Labute approximate surface area is 151 Å². The molecule has 2 fully saturated rings. The lowest BCUT2D eigenvalue weighted by molar-refractivity contribution is 0.0692. The summed E-state index contributed by atoms with van der Waals surface area (Å²) in [6, 6.07) is 5.57. The highest BCUT2D eigenvalue weighted by Gasteiger charge is 2.57. The molecule has 1 saturated heterocycles. The minimum Gasteiger partial charge on any atom is -0.331 e. The Morgan fingerprint density at radius 1 is 1.40 bits per heavy atom. The van der Waals surface area contributed by atoms with Gasteiger partial charge in [0.15, 0.2) is 0 Å². The number of carbonyl (C=O) groups is 1. The van der Waals surface area contributed by atoms with Crippen LogP contribution < -0.4 is 10.9 Å². The van der Waals surface area contributed by atoms with Gasteiger partial charge in [0.1, 0.15) is 0 Å². The van der Waals surface area contributed by atoms with Gasteiger partial charge in [0, 0.05) is 37.5 Å². The van der Waals surface area contributed by atoms with Crippen LogP contribution in [0.15, 0.2) is 40.0 Å². The SMILES string of the molecule is Cn1ccc(C(=O)N(Cc2ccsc2)[C@H]2CC23CCNCC3)cc1=O. The number of aromatic nitrogens is 1. The summed E-state index contributed by atoms with van der Waals surface area (Å²) in [4.78, 5) is 27.2. The number of aryl methyl sites for hydroxylation is 1. The molecular weight excluding hydrogens is 334 g/mol. The van der Waals surface area contributed by atoms with Crippen molar-refractivity contribution in [3.63, 3.8) is 0 Å². The number of carbonyl (C=O) groups excluding carboxylic acids is 1. The molecule has 1 spiro atoms. The van der Waals surface area contributed by atoms with Gasteiger partial charge in [-0.3, -0.25) is 9.59 Å². The molecule has 0 radical (unpaired) electrons. The van der Waals surface area contributed by atoms with Crippen LogP contribution in [-0.4, -0.2) is 34.5 Å². The minimum absolute atomic E-state index is 0.0238. The van der Waals surface area contributed by atoms with Crippen molar-refractivity contribution in [1.82, 2.24) is 14.8 Å². The van der Waals surface area contributed by atoms with Gasteiger partial charge in [-0.2, -0.15) is 11.3 Å². The van der Waals surface area contributed by atoms with Crippen LogP contribution in [0.3, 0.4) is 0 Å². The molecule has 2 aromatic rings. The van der Waals surface area contributed by atoms with Gasteiger partial charge in [-0.1, -0.05) is 0 Å². The molecule has 2 aliphatic rings. The first kappa shape index (κ1) is 16.5. The Hall–Kier alpha value is -1.92. The Bertz CT molecular complexity index is 821. The average Bonchev–Trinajstić information content (AvgIpc) is 3.06. The van der Waals surface area contributed by atoms with Crippen LogP contribution in [0.5, 0.6) is 0 Å². The minimum atomic E-state index is -0.145. The molecule has 5 nitrogen and oxygen atoms in total. The largest absolute Gasteiger partial charge is 0.331 e. The summed E-state index contributed by atoms with van der Waals surface area (Å²) in [5, 5.41) is 7.56. The summed E-state index contributed by atoms with van der Waals surface area (Å²) in [7, 11) is 1.70. The average molecular weight is 357 g/mol. The summed E-state index contributed by atoms with van der Waals surface area (Å²) < 4.78 is 1.49. The van der Waals surface area contributed by atoms with Crippen molar-refractivity contribution in [2.24, 2.45) is 12.5 Å². The van der Waals surface area contributed by atoms with Gasteiger partial charge in [0.25, 0.3) is 11.5 Å². The molecule has 4 rings (SSSR count). The number of piperidine rings is 1.